The Balaban J connectivity index is 2.94. The van der Waals surface area contributed by atoms with E-state index in [-0.39, 0.29) is 17.4 Å². The molecule has 0 bridgehead atoms. The maximum atomic E-state index is 12.6. The van der Waals surface area contributed by atoms with Gasteiger partial charge in [-0.15, -0.1) is 11.6 Å². The molecule has 2 nitrogen and oxygen atoms in total. The molecule has 0 aliphatic carbocycles. The molecule has 0 heterocycles. The number of hydrogen-bond donors (Lipinski definition) is 0. The van der Waals surface area contributed by atoms with Crippen LogP contribution < -0.4 is 4.74 Å². The lowest BCUT2D eigenvalue weighted by atomic mass is 9.88. The highest BCUT2D eigenvalue weighted by atomic mass is 35.5. The maximum Gasteiger partial charge on any atom is 0.416 e. The first-order valence-electron chi connectivity index (χ1n) is 6.00. The van der Waals surface area contributed by atoms with E-state index in [0.29, 0.717) is 0 Å². The summed E-state index contributed by atoms with van der Waals surface area (Å²) in [6, 6.07) is 4.39. The molecule has 0 aliphatic heterocycles. The van der Waals surface area contributed by atoms with Crippen molar-refractivity contribution in [2.75, 3.05) is 5.88 Å². The molecule has 0 N–H and O–H groups in total. The second kappa shape index (κ2) is 6.04. The van der Waals surface area contributed by atoms with E-state index in [0.717, 1.165) is 12.1 Å². The van der Waals surface area contributed by atoms with E-state index in [2.05, 4.69) is 0 Å². The van der Waals surface area contributed by atoms with Crippen LogP contribution in [-0.4, -0.2) is 17.8 Å². The summed E-state index contributed by atoms with van der Waals surface area (Å²) in [7, 11) is 0. The molecule has 112 valence electrons. The van der Waals surface area contributed by atoms with E-state index in [1.807, 2.05) is 0 Å². The van der Waals surface area contributed by atoms with Gasteiger partial charge in [0, 0.05) is 5.41 Å². The highest BCUT2D eigenvalue weighted by Crippen LogP contribution is 2.32. The number of halogens is 4. The fourth-order valence-corrected chi connectivity index (χ4v) is 1.75. The first kappa shape index (κ1) is 16.8. The summed E-state index contributed by atoms with van der Waals surface area (Å²) in [6.45, 7) is 5.10. The minimum atomic E-state index is -4.45. The van der Waals surface area contributed by atoms with Crippen LogP contribution in [0.15, 0.2) is 24.3 Å². The minimum Gasteiger partial charge on any atom is -0.481 e. The molecule has 1 aromatic rings. The van der Waals surface area contributed by atoms with Crippen molar-refractivity contribution >= 4 is 17.4 Å². The number of alkyl halides is 4. The summed E-state index contributed by atoms with van der Waals surface area (Å²) < 4.78 is 43.1. The molecule has 0 fully saturated rings. The lowest BCUT2D eigenvalue weighted by Gasteiger charge is -2.24. The van der Waals surface area contributed by atoms with E-state index in [9.17, 15) is 18.0 Å². The van der Waals surface area contributed by atoms with Crippen molar-refractivity contribution in [3.63, 3.8) is 0 Å². The normalized spacial score (nSPS) is 13.9. The van der Waals surface area contributed by atoms with E-state index >= 15 is 0 Å². The zero-order valence-corrected chi connectivity index (χ0v) is 12.2. The second-order valence-corrected chi connectivity index (χ2v) is 5.71. The van der Waals surface area contributed by atoms with Gasteiger partial charge in [0.05, 0.1) is 11.4 Å². The highest BCUT2D eigenvalue weighted by molar-refractivity contribution is 6.20. The van der Waals surface area contributed by atoms with Crippen LogP contribution in [0.1, 0.15) is 26.3 Å². The van der Waals surface area contributed by atoms with Gasteiger partial charge < -0.3 is 4.74 Å². The van der Waals surface area contributed by atoms with Crippen molar-refractivity contribution in [2.24, 2.45) is 5.41 Å². The van der Waals surface area contributed by atoms with Crippen molar-refractivity contribution in [1.82, 2.24) is 0 Å². The van der Waals surface area contributed by atoms with E-state index < -0.39 is 23.3 Å². The van der Waals surface area contributed by atoms with Crippen molar-refractivity contribution in [1.29, 1.82) is 0 Å². The average Bonchev–Trinajstić information content (AvgIpc) is 2.33. The molecule has 1 unspecified atom stereocenters. The SMILES string of the molecule is CC(C)(C)C(=O)C(CCl)Oc1cccc(C(F)(F)F)c1. The van der Waals surface area contributed by atoms with E-state index in [1.165, 1.54) is 12.1 Å². The molecular formula is C14H16ClF3O2. The zero-order chi connectivity index (χ0) is 15.6. The molecule has 0 spiro atoms. The number of rotatable bonds is 4. The number of carbonyl (C=O) groups excluding carboxylic acids is 1. The number of ether oxygens (including phenoxy) is 1. The van der Waals surface area contributed by atoms with Gasteiger partial charge in [-0.05, 0) is 18.2 Å². The maximum absolute atomic E-state index is 12.6. The molecule has 20 heavy (non-hydrogen) atoms. The zero-order valence-electron chi connectivity index (χ0n) is 11.4. The molecule has 0 saturated heterocycles. The van der Waals surface area contributed by atoms with Crippen LogP contribution in [0.4, 0.5) is 13.2 Å². The summed E-state index contributed by atoms with van der Waals surface area (Å²) >= 11 is 5.68. The number of benzene rings is 1. The predicted octanol–water partition coefficient (Wildman–Crippen LogP) is 4.31. The molecular weight excluding hydrogens is 293 g/mol. The van der Waals surface area contributed by atoms with Gasteiger partial charge in [0.2, 0.25) is 0 Å². The first-order valence-corrected chi connectivity index (χ1v) is 6.53. The summed E-state index contributed by atoms with van der Waals surface area (Å²) in [4.78, 5) is 12.1. The Bertz CT molecular complexity index is 478. The summed E-state index contributed by atoms with van der Waals surface area (Å²) in [6.07, 6.45) is -5.43. The average molecular weight is 309 g/mol. The van der Waals surface area contributed by atoms with E-state index in [4.69, 9.17) is 16.3 Å². The molecule has 0 radical (unpaired) electrons. The second-order valence-electron chi connectivity index (χ2n) is 5.40. The number of Topliss-reactive ketones (excluding diaryl/α,β-unsaturated/α-hetero) is 1. The lowest BCUT2D eigenvalue weighted by molar-refractivity contribution is -0.137. The van der Waals surface area contributed by atoms with Gasteiger partial charge in [0.25, 0.3) is 0 Å². The van der Waals surface area contributed by atoms with Gasteiger partial charge in [-0.25, -0.2) is 0 Å². The van der Waals surface area contributed by atoms with Crippen molar-refractivity contribution in [3.05, 3.63) is 29.8 Å². The predicted molar refractivity (Wildman–Crippen MR) is 71.0 cm³/mol. The minimum absolute atomic E-state index is 0.0249. The summed E-state index contributed by atoms with van der Waals surface area (Å²) in [5, 5.41) is 0. The molecule has 1 atom stereocenters. The van der Waals surface area contributed by atoms with Gasteiger partial charge in [-0.1, -0.05) is 26.8 Å². The van der Waals surface area contributed by atoms with Gasteiger partial charge in [-0.3, -0.25) is 4.79 Å². The Morgan fingerprint density at radius 3 is 2.35 bits per heavy atom. The Kier molecular flexibility index (Phi) is 5.08. The number of carbonyl (C=O) groups is 1. The first-order chi connectivity index (χ1) is 9.05. The Hall–Kier alpha value is -1.23. The van der Waals surface area contributed by atoms with E-state index in [1.54, 1.807) is 20.8 Å². The Morgan fingerprint density at radius 1 is 1.30 bits per heavy atom. The Morgan fingerprint density at radius 2 is 1.90 bits per heavy atom. The van der Waals surface area contributed by atoms with Crippen molar-refractivity contribution < 1.29 is 22.7 Å². The van der Waals surface area contributed by atoms with Crippen LogP contribution >= 0.6 is 11.6 Å². The van der Waals surface area contributed by atoms with Crippen LogP contribution in [0, 0.1) is 5.41 Å². The van der Waals surface area contributed by atoms with Gasteiger partial charge in [0.1, 0.15) is 5.75 Å². The third kappa shape index (κ3) is 4.40. The van der Waals surface area contributed by atoms with Gasteiger partial charge >= 0.3 is 6.18 Å². The third-order valence-corrected chi connectivity index (χ3v) is 2.89. The van der Waals surface area contributed by atoms with Gasteiger partial charge in [0.15, 0.2) is 11.9 Å². The molecule has 0 aliphatic rings. The lowest BCUT2D eigenvalue weighted by Crippen LogP contribution is -2.37. The monoisotopic (exact) mass is 308 g/mol. The number of ketones is 1. The number of hydrogen-bond acceptors (Lipinski definition) is 2. The molecule has 6 heteroatoms. The molecule has 0 saturated carbocycles. The third-order valence-electron chi connectivity index (χ3n) is 2.61. The van der Waals surface area contributed by atoms with Gasteiger partial charge in [-0.2, -0.15) is 13.2 Å². The largest absolute Gasteiger partial charge is 0.481 e. The van der Waals surface area contributed by atoms with Crippen molar-refractivity contribution in [2.45, 2.75) is 33.1 Å². The molecule has 0 amide bonds. The highest BCUT2D eigenvalue weighted by Gasteiger charge is 2.33. The van der Waals surface area contributed by atoms with Crippen LogP contribution in [0.25, 0.3) is 0 Å². The topological polar surface area (TPSA) is 26.3 Å². The quantitative estimate of drug-likeness (QED) is 0.775. The molecule has 0 aromatic heterocycles. The van der Waals surface area contributed by atoms with Crippen LogP contribution in [0.3, 0.4) is 0 Å². The molecule has 1 rings (SSSR count). The smallest absolute Gasteiger partial charge is 0.416 e. The van der Waals surface area contributed by atoms with Crippen molar-refractivity contribution in [3.8, 4) is 5.75 Å². The van der Waals surface area contributed by atoms with Crippen LogP contribution in [-0.2, 0) is 11.0 Å². The molecule has 1 aromatic carbocycles. The Labute approximate surface area is 120 Å². The van der Waals surface area contributed by atoms with Crippen LogP contribution in [0.2, 0.25) is 0 Å². The standard InChI is InChI=1S/C14H16ClF3O2/c1-13(2,3)12(19)11(8-15)20-10-6-4-5-9(7-10)14(16,17)18/h4-7,11H,8H2,1-3H3. The van der Waals surface area contributed by atoms with Crippen LogP contribution in [0.5, 0.6) is 5.75 Å². The summed E-state index contributed by atoms with van der Waals surface area (Å²) in [5.74, 6) is -0.403. The fraction of sp³-hybridized carbons (Fsp3) is 0.500. The fourth-order valence-electron chi connectivity index (χ4n) is 1.55. The summed E-state index contributed by atoms with van der Waals surface area (Å²) in [5.41, 5.74) is -1.51.